The highest BCUT2D eigenvalue weighted by atomic mass is 35.5. The topological polar surface area (TPSA) is 50.9 Å². The van der Waals surface area contributed by atoms with Gasteiger partial charge in [-0.2, -0.15) is 0 Å². The van der Waals surface area contributed by atoms with Crippen LogP contribution in [0.15, 0.2) is 66.7 Å². The Morgan fingerprint density at radius 2 is 1.27 bits per heavy atom. The van der Waals surface area contributed by atoms with Gasteiger partial charge in [0.2, 0.25) is 0 Å². The molecular formula is C32H32ClN3O. The van der Waals surface area contributed by atoms with Crippen molar-refractivity contribution >= 4 is 22.6 Å². The van der Waals surface area contributed by atoms with Gasteiger partial charge in [0.05, 0.1) is 0 Å². The van der Waals surface area contributed by atoms with E-state index in [2.05, 4.69) is 89.1 Å². The number of aromatic hydroxyl groups is 1. The van der Waals surface area contributed by atoms with Gasteiger partial charge in [0, 0.05) is 10.6 Å². The first-order valence-corrected chi connectivity index (χ1v) is 13.1. The molecule has 4 aromatic carbocycles. The second kappa shape index (κ2) is 9.68. The first-order chi connectivity index (χ1) is 17.6. The molecule has 5 aromatic rings. The Balaban J connectivity index is 1.85. The van der Waals surface area contributed by atoms with Gasteiger partial charge in [-0.1, -0.05) is 86.8 Å². The molecule has 0 atom stereocenters. The average Bonchev–Trinajstić information content (AvgIpc) is 3.26. The van der Waals surface area contributed by atoms with E-state index in [1.807, 2.05) is 12.1 Å². The van der Waals surface area contributed by atoms with Crippen molar-refractivity contribution in [3.05, 3.63) is 94.0 Å². The summed E-state index contributed by atoms with van der Waals surface area (Å²) in [6.45, 7) is 13.0. The van der Waals surface area contributed by atoms with Crippen LogP contribution in [0.5, 0.6) is 5.75 Å². The lowest BCUT2D eigenvalue weighted by Gasteiger charge is -2.20. The molecule has 0 aliphatic rings. The van der Waals surface area contributed by atoms with E-state index >= 15 is 0 Å². The van der Waals surface area contributed by atoms with Crippen molar-refractivity contribution in [1.29, 1.82) is 0 Å². The number of aryl methyl sites for hydroxylation is 2. The second-order valence-electron chi connectivity index (χ2n) is 10.5. The molecule has 1 aromatic heterocycles. The Morgan fingerprint density at radius 3 is 1.92 bits per heavy atom. The summed E-state index contributed by atoms with van der Waals surface area (Å²) in [5.41, 5.74) is 10.7. The standard InChI is InChI=1S/C32H32ClN3O/c1-18(2)24-10-7-20(5)13-26(24)22-15-28(27-14-21(6)8-11-25(27)19(3)4)32(37)31(16-22)36-34-29-12-9-23(33)17-30(29)35-36/h7-19,37H,1-6H3. The summed E-state index contributed by atoms with van der Waals surface area (Å²) in [6.07, 6.45) is 0. The molecule has 1 heterocycles. The van der Waals surface area contributed by atoms with E-state index in [4.69, 9.17) is 16.7 Å². The van der Waals surface area contributed by atoms with Crippen LogP contribution in [0, 0.1) is 13.8 Å². The van der Waals surface area contributed by atoms with Crippen molar-refractivity contribution in [1.82, 2.24) is 15.0 Å². The quantitative estimate of drug-likeness (QED) is 0.257. The SMILES string of the molecule is Cc1ccc(C(C)C)c(-c2cc(-c3cc(C)ccc3C(C)C)c(O)c(-n3nc4ccc(Cl)cc4n3)c2)c1. The number of hydrogen-bond donors (Lipinski definition) is 1. The molecule has 1 N–H and O–H groups in total. The van der Waals surface area contributed by atoms with Gasteiger partial charge < -0.3 is 5.11 Å². The Kier molecular flexibility index (Phi) is 6.55. The van der Waals surface area contributed by atoms with Crippen LogP contribution in [0.25, 0.3) is 39.0 Å². The van der Waals surface area contributed by atoms with Gasteiger partial charge in [0.25, 0.3) is 0 Å². The normalized spacial score (nSPS) is 11.7. The number of aromatic nitrogens is 3. The minimum Gasteiger partial charge on any atom is -0.505 e. The average molecular weight is 510 g/mol. The largest absolute Gasteiger partial charge is 0.505 e. The zero-order valence-electron chi connectivity index (χ0n) is 22.2. The molecule has 5 rings (SSSR count). The van der Waals surface area contributed by atoms with E-state index in [1.165, 1.54) is 21.5 Å². The molecule has 0 saturated heterocycles. The van der Waals surface area contributed by atoms with Crippen LogP contribution in [0.1, 0.15) is 61.8 Å². The predicted octanol–water partition coefficient (Wildman–Crippen LogP) is 8.98. The molecule has 0 radical (unpaired) electrons. The van der Waals surface area contributed by atoms with Crippen LogP contribution < -0.4 is 0 Å². The summed E-state index contributed by atoms with van der Waals surface area (Å²) >= 11 is 6.21. The second-order valence-corrected chi connectivity index (χ2v) is 10.9. The van der Waals surface area contributed by atoms with Crippen LogP contribution >= 0.6 is 11.6 Å². The van der Waals surface area contributed by atoms with E-state index in [0.717, 1.165) is 27.8 Å². The Morgan fingerprint density at radius 1 is 0.676 bits per heavy atom. The third kappa shape index (κ3) is 4.74. The number of fused-ring (bicyclic) bond motifs is 1. The first kappa shape index (κ1) is 25.0. The number of benzene rings is 4. The maximum atomic E-state index is 11.8. The lowest BCUT2D eigenvalue weighted by molar-refractivity contribution is 0.470. The van der Waals surface area contributed by atoms with Gasteiger partial charge in [-0.05, 0) is 83.8 Å². The van der Waals surface area contributed by atoms with Crippen molar-refractivity contribution in [2.75, 3.05) is 0 Å². The minimum absolute atomic E-state index is 0.154. The van der Waals surface area contributed by atoms with E-state index in [0.29, 0.717) is 33.6 Å². The minimum atomic E-state index is 0.154. The molecule has 37 heavy (non-hydrogen) atoms. The van der Waals surface area contributed by atoms with Gasteiger partial charge in [-0.15, -0.1) is 15.0 Å². The van der Waals surface area contributed by atoms with Crippen molar-refractivity contribution in [3.63, 3.8) is 0 Å². The molecule has 0 saturated carbocycles. The summed E-state index contributed by atoms with van der Waals surface area (Å²) < 4.78 is 0. The van der Waals surface area contributed by atoms with E-state index in [1.54, 1.807) is 12.1 Å². The Bertz CT molecular complexity index is 1630. The molecule has 0 unspecified atom stereocenters. The number of halogens is 1. The van der Waals surface area contributed by atoms with Crippen molar-refractivity contribution in [2.24, 2.45) is 0 Å². The number of rotatable bonds is 5. The maximum Gasteiger partial charge on any atom is 0.150 e. The summed E-state index contributed by atoms with van der Waals surface area (Å²) in [4.78, 5) is 1.53. The summed E-state index contributed by atoms with van der Waals surface area (Å²) in [5.74, 6) is 0.787. The van der Waals surface area contributed by atoms with E-state index < -0.39 is 0 Å². The number of hydrogen-bond acceptors (Lipinski definition) is 3. The molecule has 0 bridgehead atoms. The fraction of sp³-hybridized carbons (Fsp3) is 0.250. The smallest absolute Gasteiger partial charge is 0.150 e. The number of phenolic OH excluding ortho intramolecular Hbond substituents is 1. The molecule has 0 spiro atoms. The van der Waals surface area contributed by atoms with Crippen LogP contribution in [-0.4, -0.2) is 20.1 Å². The highest BCUT2D eigenvalue weighted by Gasteiger charge is 2.21. The van der Waals surface area contributed by atoms with Gasteiger partial charge >= 0.3 is 0 Å². The fourth-order valence-electron chi connectivity index (χ4n) is 4.96. The zero-order chi connectivity index (χ0) is 26.4. The van der Waals surface area contributed by atoms with Gasteiger partial charge in [-0.25, -0.2) is 0 Å². The summed E-state index contributed by atoms with van der Waals surface area (Å²) in [7, 11) is 0. The third-order valence-corrected chi connectivity index (χ3v) is 7.15. The predicted molar refractivity (Wildman–Crippen MR) is 154 cm³/mol. The molecule has 4 nitrogen and oxygen atoms in total. The van der Waals surface area contributed by atoms with Crippen LogP contribution in [0.2, 0.25) is 5.02 Å². The van der Waals surface area contributed by atoms with Gasteiger partial charge in [0.15, 0.2) is 5.75 Å². The van der Waals surface area contributed by atoms with Crippen molar-refractivity contribution < 1.29 is 5.11 Å². The number of nitrogens with zero attached hydrogens (tertiary/aromatic N) is 3. The lowest BCUT2D eigenvalue weighted by Crippen LogP contribution is -2.03. The van der Waals surface area contributed by atoms with Crippen molar-refractivity contribution in [3.8, 4) is 33.7 Å². The van der Waals surface area contributed by atoms with Gasteiger partial charge in [-0.3, -0.25) is 0 Å². The zero-order valence-corrected chi connectivity index (χ0v) is 22.9. The van der Waals surface area contributed by atoms with Gasteiger partial charge in [0.1, 0.15) is 16.7 Å². The molecule has 0 amide bonds. The van der Waals surface area contributed by atoms with Crippen LogP contribution in [-0.2, 0) is 0 Å². The molecule has 0 fully saturated rings. The highest BCUT2D eigenvalue weighted by molar-refractivity contribution is 6.31. The molecule has 0 aliphatic carbocycles. The summed E-state index contributed by atoms with van der Waals surface area (Å²) in [6, 6.07) is 22.6. The molecule has 188 valence electrons. The number of phenols is 1. The Hall–Kier alpha value is -3.63. The van der Waals surface area contributed by atoms with E-state index in [9.17, 15) is 5.11 Å². The molecule has 5 heteroatoms. The van der Waals surface area contributed by atoms with Crippen LogP contribution in [0.3, 0.4) is 0 Å². The fourth-order valence-corrected chi connectivity index (χ4v) is 5.12. The van der Waals surface area contributed by atoms with E-state index in [-0.39, 0.29) is 5.75 Å². The summed E-state index contributed by atoms with van der Waals surface area (Å²) in [5, 5.41) is 21.7. The third-order valence-electron chi connectivity index (χ3n) is 6.91. The monoisotopic (exact) mass is 509 g/mol. The van der Waals surface area contributed by atoms with Crippen molar-refractivity contribution in [2.45, 2.75) is 53.4 Å². The lowest BCUT2D eigenvalue weighted by atomic mass is 9.86. The maximum absolute atomic E-state index is 11.8. The van der Waals surface area contributed by atoms with Crippen LogP contribution in [0.4, 0.5) is 0 Å². The first-order valence-electron chi connectivity index (χ1n) is 12.7. The molecule has 0 aliphatic heterocycles. The Labute approximate surface area is 223 Å². The highest BCUT2D eigenvalue weighted by Crippen LogP contribution is 2.43. The molecular weight excluding hydrogens is 478 g/mol.